The van der Waals surface area contributed by atoms with Crippen LogP contribution in [0.4, 0.5) is 0 Å². The van der Waals surface area contributed by atoms with Gasteiger partial charge in [-0.2, -0.15) is 0 Å². The van der Waals surface area contributed by atoms with Crippen molar-refractivity contribution in [2.45, 2.75) is 37.5 Å². The average Bonchev–Trinajstić information content (AvgIpc) is 2.33. The predicted octanol–water partition coefficient (Wildman–Crippen LogP) is 0.164. The molecule has 0 bridgehead atoms. The van der Waals surface area contributed by atoms with E-state index in [1.54, 1.807) is 4.31 Å². The molecular formula is C11H22N2O3S. The van der Waals surface area contributed by atoms with Crippen LogP contribution >= 0.6 is 0 Å². The van der Waals surface area contributed by atoms with Crippen LogP contribution < -0.4 is 5.73 Å². The Morgan fingerprint density at radius 2 is 1.88 bits per heavy atom. The molecule has 2 aliphatic heterocycles. The largest absolute Gasteiger partial charge is 0.381 e. The summed E-state index contributed by atoms with van der Waals surface area (Å²) < 4.78 is 31.6. The zero-order valence-corrected chi connectivity index (χ0v) is 11.2. The van der Waals surface area contributed by atoms with Crippen molar-refractivity contribution in [1.82, 2.24) is 4.31 Å². The number of nitrogens with two attached hydrogens (primary N) is 1. The van der Waals surface area contributed by atoms with Gasteiger partial charge in [0.05, 0.1) is 5.25 Å². The predicted molar refractivity (Wildman–Crippen MR) is 66.1 cm³/mol. The second-order valence-corrected chi connectivity index (χ2v) is 7.36. The quantitative estimate of drug-likeness (QED) is 0.769. The minimum atomic E-state index is -3.17. The third-order valence-electron chi connectivity index (χ3n) is 3.93. The fourth-order valence-corrected chi connectivity index (χ4v) is 4.43. The molecule has 100 valence electrons. The van der Waals surface area contributed by atoms with Gasteiger partial charge >= 0.3 is 0 Å². The summed E-state index contributed by atoms with van der Waals surface area (Å²) in [6, 6.07) is -0.0293. The summed E-state index contributed by atoms with van der Waals surface area (Å²) in [5.41, 5.74) is 5.96. The van der Waals surface area contributed by atoms with E-state index in [1.807, 2.05) is 0 Å². The number of sulfonamides is 1. The lowest BCUT2D eigenvalue weighted by Gasteiger charge is -2.37. The van der Waals surface area contributed by atoms with Crippen molar-refractivity contribution >= 4 is 10.0 Å². The molecule has 0 amide bonds. The summed E-state index contributed by atoms with van der Waals surface area (Å²) >= 11 is 0. The van der Waals surface area contributed by atoms with Crippen molar-refractivity contribution in [2.75, 3.05) is 26.3 Å². The minimum absolute atomic E-state index is 0.0293. The Labute approximate surface area is 103 Å². The van der Waals surface area contributed by atoms with Crippen LogP contribution in [0.1, 0.15) is 26.2 Å². The van der Waals surface area contributed by atoms with E-state index in [4.69, 9.17) is 10.5 Å². The van der Waals surface area contributed by atoms with Gasteiger partial charge in [0, 0.05) is 32.3 Å². The first kappa shape index (κ1) is 13.3. The Kier molecular flexibility index (Phi) is 4.07. The fraction of sp³-hybridized carbons (Fsp3) is 1.00. The van der Waals surface area contributed by atoms with Gasteiger partial charge in [-0.25, -0.2) is 12.7 Å². The summed E-state index contributed by atoms with van der Waals surface area (Å²) in [4.78, 5) is 0. The topological polar surface area (TPSA) is 72.6 Å². The molecule has 2 saturated heterocycles. The maximum atomic E-state index is 12.4. The standard InChI is InChI=1S/C11H22N2O3S/c1-9-2-5-13(8-11(9)12)17(14,15)10-3-6-16-7-4-10/h9-11H,2-8,12H2,1H3. The molecule has 5 nitrogen and oxygen atoms in total. The molecule has 2 rings (SSSR count). The van der Waals surface area contributed by atoms with Crippen LogP contribution in [0.25, 0.3) is 0 Å². The summed E-state index contributed by atoms with van der Waals surface area (Å²) in [6.07, 6.45) is 2.09. The van der Waals surface area contributed by atoms with E-state index in [9.17, 15) is 8.42 Å². The molecule has 0 spiro atoms. The molecule has 2 fully saturated rings. The lowest BCUT2D eigenvalue weighted by molar-refractivity contribution is 0.0966. The van der Waals surface area contributed by atoms with Gasteiger partial charge in [0.25, 0.3) is 0 Å². The molecule has 2 unspecified atom stereocenters. The van der Waals surface area contributed by atoms with Crippen molar-refractivity contribution in [3.63, 3.8) is 0 Å². The van der Waals surface area contributed by atoms with Gasteiger partial charge in [-0.05, 0) is 25.2 Å². The SMILES string of the molecule is CC1CCN(S(=O)(=O)C2CCOCC2)CC1N. The van der Waals surface area contributed by atoms with Crippen LogP contribution in [0.15, 0.2) is 0 Å². The number of ether oxygens (including phenoxy) is 1. The number of hydrogen-bond donors (Lipinski definition) is 1. The summed E-state index contributed by atoms with van der Waals surface area (Å²) in [7, 11) is -3.17. The van der Waals surface area contributed by atoms with Gasteiger partial charge in [-0.15, -0.1) is 0 Å². The van der Waals surface area contributed by atoms with Crippen molar-refractivity contribution < 1.29 is 13.2 Å². The zero-order valence-electron chi connectivity index (χ0n) is 10.3. The molecular weight excluding hydrogens is 240 g/mol. The third-order valence-corrected chi connectivity index (χ3v) is 6.29. The molecule has 0 aromatic heterocycles. The lowest BCUT2D eigenvalue weighted by Crippen LogP contribution is -2.52. The van der Waals surface area contributed by atoms with Crippen LogP contribution in [-0.4, -0.2) is 50.3 Å². The van der Waals surface area contributed by atoms with Gasteiger partial charge in [-0.1, -0.05) is 6.92 Å². The van der Waals surface area contributed by atoms with Crippen LogP contribution in [0, 0.1) is 5.92 Å². The lowest BCUT2D eigenvalue weighted by atomic mass is 9.96. The Bertz CT molecular complexity index is 352. The van der Waals surface area contributed by atoms with E-state index < -0.39 is 10.0 Å². The molecule has 0 aromatic carbocycles. The minimum Gasteiger partial charge on any atom is -0.381 e. The Hall–Kier alpha value is -0.170. The van der Waals surface area contributed by atoms with E-state index in [0.717, 1.165) is 6.42 Å². The fourth-order valence-electron chi connectivity index (χ4n) is 2.48. The van der Waals surface area contributed by atoms with Crippen molar-refractivity contribution in [2.24, 2.45) is 11.7 Å². The molecule has 0 radical (unpaired) electrons. The molecule has 0 aliphatic carbocycles. The van der Waals surface area contributed by atoms with Crippen LogP contribution in [0.2, 0.25) is 0 Å². The van der Waals surface area contributed by atoms with Gasteiger partial charge in [-0.3, -0.25) is 0 Å². The summed E-state index contributed by atoms with van der Waals surface area (Å²) in [5, 5.41) is -0.267. The Morgan fingerprint density at radius 1 is 1.24 bits per heavy atom. The Morgan fingerprint density at radius 3 is 2.47 bits per heavy atom. The van der Waals surface area contributed by atoms with E-state index in [1.165, 1.54) is 0 Å². The molecule has 0 aromatic rings. The van der Waals surface area contributed by atoms with E-state index in [2.05, 4.69) is 6.92 Å². The number of hydrogen-bond acceptors (Lipinski definition) is 4. The average molecular weight is 262 g/mol. The first-order chi connectivity index (χ1) is 8.01. The monoisotopic (exact) mass is 262 g/mol. The first-order valence-corrected chi connectivity index (χ1v) is 7.84. The molecule has 2 aliphatic rings. The Balaban J connectivity index is 2.04. The zero-order chi connectivity index (χ0) is 12.5. The number of nitrogens with zero attached hydrogens (tertiary/aromatic N) is 1. The summed E-state index contributed by atoms with van der Waals surface area (Å²) in [5.74, 6) is 0.413. The summed E-state index contributed by atoms with van der Waals surface area (Å²) in [6.45, 7) is 4.29. The highest BCUT2D eigenvalue weighted by atomic mass is 32.2. The highest BCUT2D eigenvalue weighted by molar-refractivity contribution is 7.89. The highest BCUT2D eigenvalue weighted by Gasteiger charge is 2.36. The molecule has 2 heterocycles. The van der Waals surface area contributed by atoms with Crippen molar-refractivity contribution in [1.29, 1.82) is 0 Å². The van der Waals surface area contributed by atoms with E-state index >= 15 is 0 Å². The van der Waals surface area contributed by atoms with Crippen molar-refractivity contribution in [3.8, 4) is 0 Å². The normalized spacial score (nSPS) is 33.8. The van der Waals surface area contributed by atoms with Gasteiger partial charge in [0.2, 0.25) is 10.0 Å². The smallest absolute Gasteiger partial charge is 0.217 e. The van der Waals surface area contributed by atoms with E-state index in [-0.39, 0.29) is 11.3 Å². The number of rotatable bonds is 2. The molecule has 17 heavy (non-hydrogen) atoms. The third kappa shape index (κ3) is 2.81. The van der Waals surface area contributed by atoms with E-state index in [0.29, 0.717) is 45.1 Å². The van der Waals surface area contributed by atoms with Crippen LogP contribution in [0.5, 0.6) is 0 Å². The maximum Gasteiger partial charge on any atom is 0.217 e. The maximum absolute atomic E-state index is 12.4. The van der Waals surface area contributed by atoms with Gasteiger partial charge < -0.3 is 10.5 Å². The molecule has 6 heteroatoms. The molecule has 2 atom stereocenters. The van der Waals surface area contributed by atoms with Gasteiger partial charge in [0.15, 0.2) is 0 Å². The number of piperidine rings is 1. The van der Waals surface area contributed by atoms with Crippen LogP contribution in [0.3, 0.4) is 0 Å². The second kappa shape index (κ2) is 5.22. The first-order valence-electron chi connectivity index (χ1n) is 6.34. The molecule has 2 N–H and O–H groups in total. The molecule has 0 saturated carbocycles. The van der Waals surface area contributed by atoms with Gasteiger partial charge in [0.1, 0.15) is 0 Å². The van der Waals surface area contributed by atoms with Crippen LogP contribution in [-0.2, 0) is 14.8 Å². The second-order valence-electron chi connectivity index (χ2n) is 5.14. The highest BCUT2D eigenvalue weighted by Crippen LogP contribution is 2.24. The van der Waals surface area contributed by atoms with Crippen molar-refractivity contribution in [3.05, 3.63) is 0 Å².